The summed E-state index contributed by atoms with van der Waals surface area (Å²) < 4.78 is 0. The van der Waals surface area contributed by atoms with Crippen molar-refractivity contribution in [2.24, 2.45) is 0 Å². The van der Waals surface area contributed by atoms with Gasteiger partial charge in [-0.05, 0) is 11.5 Å². The van der Waals surface area contributed by atoms with E-state index >= 15 is 0 Å². The van der Waals surface area contributed by atoms with Crippen molar-refractivity contribution in [1.29, 1.82) is 0 Å². The molecule has 0 aliphatic carbocycles. The second-order valence-electron chi connectivity index (χ2n) is 4.30. The predicted molar refractivity (Wildman–Crippen MR) is 72.3 cm³/mol. The van der Waals surface area contributed by atoms with Gasteiger partial charge in [-0.2, -0.15) is 5.10 Å². The van der Waals surface area contributed by atoms with Gasteiger partial charge < -0.3 is 0 Å². The van der Waals surface area contributed by atoms with Gasteiger partial charge in [0.05, 0.1) is 0 Å². The van der Waals surface area contributed by atoms with E-state index in [4.69, 9.17) is 0 Å². The lowest BCUT2D eigenvalue weighted by molar-refractivity contribution is 1.09. The molecule has 0 aliphatic rings. The molecule has 2 heterocycles. The van der Waals surface area contributed by atoms with Crippen molar-refractivity contribution in [3.63, 3.8) is 0 Å². The average molecular weight is 231 g/mol. The van der Waals surface area contributed by atoms with Crippen LogP contribution in [0.2, 0.25) is 0 Å². The quantitative estimate of drug-likeness (QED) is 0.466. The molecule has 4 aromatic rings. The van der Waals surface area contributed by atoms with Crippen LogP contribution in [0.3, 0.4) is 0 Å². The van der Waals surface area contributed by atoms with Crippen molar-refractivity contribution >= 4 is 32.4 Å². The van der Waals surface area contributed by atoms with Crippen LogP contribution in [0, 0.1) is 0 Å². The molecule has 0 saturated carbocycles. The van der Waals surface area contributed by atoms with Gasteiger partial charge >= 0.3 is 0 Å². The molecule has 3 nitrogen and oxygen atoms in total. The highest BCUT2D eigenvalue weighted by Crippen LogP contribution is 2.29. The Balaban J connectivity index is 2.33. The minimum absolute atomic E-state index is 0.931. The van der Waals surface area contributed by atoms with Crippen LogP contribution in [-0.2, 0) is 0 Å². The molecule has 0 aliphatic heterocycles. The molecule has 84 valence electrons. The smallest absolute Gasteiger partial charge is 0.101 e. The first-order valence-corrected chi connectivity index (χ1v) is 5.80. The summed E-state index contributed by atoms with van der Waals surface area (Å²) in [6, 6.07) is 12.3. The normalized spacial score (nSPS) is 11.3. The molecule has 0 unspecified atom stereocenters. The molecule has 0 N–H and O–H groups in total. The number of hydrogen-bond donors (Lipinski definition) is 0. The minimum Gasteiger partial charge on any atom is -0.263 e. The van der Waals surface area contributed by atoms with Crippen molar-refractivity contribution in [3.8, 4) is 0 Å². The van der Waals surface area contributed by atoms with Gasteiger partial charge in [-0.1, -0.05) is 30.3 Å². The highest BCUT2D eigenvalue weighted by molar-refractivity contribution is 6.15. The predicted octanol–water partition coefficient (Wildman–Crippen LogP) is 3.33. The molecule has 0 atom stereocenters. The highest BCUT2D eigenvalue weighted by Gasteiger charge is 2.05. The molecule has 4 rings (SSSR count). The molecule has 0 fully saturated rings. The molecule has 0 saturated heterocycles. The van der Waals surface area contributed by atoms with Gasteiger partial charge in [0.1, 0.15) is 5.52 Å². The summed E-state index contributed by atoms with van der Waals surface area (Å²) >= 11 is 0. The Morgan fingerprint density at radius 3 is 2.61 bits per heavy atom. The van der Waals surface area contributed by atoms with E-state index in [1.54, 1.807) is 6.20 Å². The zero-order valence-corrected chi connectivity index (χ0v) is 9.54. The van der Waals surface area contributed by atoms with Gasteiger partial charge in [0.2, 0.25) is 0 Å². The van der Waals surface area contributed by atoms with Gasteiger partial charge in [0, 0.05) is 40.1 Å². The van der Waals surface area contributed by atoms with E-state index in [-0.39, 0.29) is 0 Å². The maximum Gasteiger partial charge on any atom is 0.101 e. The van der Waals surface area contributed by atoms with Crippen LogP contribution in [0.1, 0.15) is 0 Å². The van der Waals surface area contributed by atoms with Crippen LogP contribution >= 0.6 is 0 Å². The van der Waals surface area contributed by atoms with E-state index in [0.29, 0.717) is 0 Å². The summed E-state index contributed by atoms with van der Waals surface area (Å²) in [7, 11) is 0. The molecule has 2 aromatic heterocycles. The molecular weight excluding hydrogens is 222 g/mol. The summed E-state index contributed by atoms with van der Waals surface area (Å²) in [5.41, 5.74) is 0.931. The fraction of sp³-hybridized carbons (Fsp3) is 0. The second kappa shape index (κ2) is 3.47. The van der Waals surface area contributed by atoms with E-state index in [1.165, 1.54) is 10.8 Å². The van der Waals surface area contributed by atoms with Crippen molar-refractivity contribution in [1.82, 2.24) is 15.2 Å². The Bertz CT molecular complexity index is 879. The van der Waals surface area contributed by atoms with Crippen molar-refractivity contribution < 1.29 is 0 Å². The molecule has 3 heteroatoms. The standard InChI is InChI=1S/C15H9N3/c1-2-10-3-5-12-13(15(10)18-17-7-1)6-4-11-8-16-9-14(11)12/h1-9H. The Labute approximate surface area is 103 Å². The SMILES string of the molecule is c1cnnc2c(c1)ccc1c3cncc3ccc12. The maximum atomic E-state index is 4.29. The summed E-state index contributed by atoms with van der Waals surface area (Å²) in [5, 5.41) is 14.0. The Kier molecular flexibility index (Phi) is 1.83. The van der Waals surface area contributed by atoms with Gasteiger partial charge in [0.25, 0.3) is 0 Å². The number of rotatable bonds is 0. The molecule has 0 radical (unpaired) electrons. The van der Waals surface area contributed by atoms with Crippen LogP contribution in [0.4, 0.5) is 0 Å². The summed E-state index contributed by atoms with van der Waals surface area (Å²) in [6.45, 7) is 0. The first-order chi connectivity index (χ1) is 8.93. The lowest BCUT2D eigenvalue weighted by Crippen LogP contribution is -1.80. The lowest BCUT2D eigenvalue weighted by atomic mass is 10.0. The van der Waals surface area contributed by atoms with Crippen molar-refractivity contribution in [2.75, 3.05) is 0 Å². The third-order valence-electron chi connectivity index (χ3n) is 3.28. The zero-order valence-electron chi connectivity index (χ0n) is 9.54. The third-order valence-corrected chi connectivity index (χ3v) is 3.28. The first kappa shape index (κ1) is 9.48. The fourth-order valence-corrected chi connectivity index (χ4v) is 2.42. The zero-order chi connectivity index (χ0) is 11.9. The number of fused-ring (bicyclic) bond motifs is 5. The maximum absolute atomic E-state index is 4.29. The van der Waals surface area contributed by atoms with E-state index in [2.05, 4.69) is 39.4 Å². The Hall–Kier alpha value is -2.55. The first-order valence-electron chi connectivity index (χ1n) is 5.80. The highest BCUT2D eigenvalue weighted by atomic mass is 15.1. The summed E-state index contributed by atoms with van der Waals surface area (Å²) in [5.74, 6) is 0. The topological polar surface area (TPSA) is 38.7 Å². The molecular formula is C15H9N3. The molecule has 2 aromatic carbocycles. The van der Waals surface area contributed by atoms with Gasteiger partial charge in [0.15, 0.2) is 0 Å². The van der Waals surface area contributed by atoms with Gasteiger partial charge in [-0.25, -0.2) is 0 Å². The van der Waals surface area contributed by atoms with Crippen LogP contribution in [0.5, 0.6) is 0 Å². The van der Waals surface area contributed by atoms with E-state index in [0.717, 1.165) is 21.7 Å². The molecule has 18 heavy (non-hydrogen) atoms. The monoisotopic (exact) mass is 231 g/mol. The molecule has 0 amide bonds. The van der Waals surface area contributed by atoms with Crippen LogP contribution in [0.15, 0.2) is 55.0 Å². The van der Waals surface area contributed by atoms with Crippen LogP contribution in [-0.4, -0.2) is 15.2 Å². The number of benzene rings is 2. The van der Waals surface area contributed by atoms with Gasteiger partial charge in [-0.3, -0.25) is 4.98 Å². The third kappa shape index (κ3) is 1.21. The van der Waals surface area contributed by atoms with E-state index in [1.807, 2.05) is 24.5 Å². The largest absolute Gasteiger partial charge is 0.263 e. The number of hydrogen-bond acceptors (Lipinski definition) is 3. The van der Waals surface area contributed by atoms with Gasteiger partial charge in [-0.15, -0.1) is 5.10 Å². The molecule has 0 spiro atoms. The fourth-order valence-electron chi connectivity index (χ4n) is 2.42. The van der Waals surface area contributed by atoms with Crippen LogP contribution < -0.4 is 0 Å². The minimum atomic E-state index is 0.931. The van der Waals surface area contributed by atoms with Crippen molar-refractivity contribution in [2.45, 2.75) is 0 Å². The summed E-state index contributed by atoms with van der Waals surface area (Å²) in [6.07, 6.45) is 5.49. The second-order valence-corrected chi connectivity index (χ2v) is 4.30. The molecule has 0 bridgehead atoms. The van der Waals surface area contributed by atoms with E-state index < -0.39 is 0 Å². The van der Waals surface area contributed by atoms with Crippen LogP contribution in [0.25, 0.3) is 32.4 Å². The summed E-state index contributed by atoms with van der Waals surface area (Å²) in [4.78, 5) is 4.21. The number of nitrogens with zero attached hydrogens (tertiary/aromatic N) is 3. The number of aromatic nitrogens is 3. The lowest BCUT2D eigenvalue weighted by Gasteiger charge is -2.01. The Morgan fingerprint density at radius 1 is 0.722 bits per heavy atom. The Morgan fingerprint density at radius 2 is 1.61 bits per heavy atom. The average Bonchev–Trinajstić information content (AvgIpc) is 2.75. The van der Waals surface area contributed by atoms with E-state index in [9.17, 15) is 0 Å². The van der Waals surface area contributed by atoms with Crippen molar-refractivity contribution in [3.05, 3.63) is 55.0 Å².